The highest BCUT2D eigenvalue weighted by Gasteiger charge is 2.36. The maximum absolute atomic E-state index is 4.93. The van der Waals surface area contributed by atoms with E-state index in [1.807, 2.05) is 23.1 Å². The highest BCUT2D eigenvalue weighted by Crippen LogP contribution is 2.35. The molecule has 2 unspecified atom stereocenters. The number of aromatic nitrogens is 2. The van der Waals surface area contributed by atoms with Gasteiger partial charge < -0.3 is 15.5 Å². The van der Waals surface area contributed by atoms with Gasteiger partial charge in [0.1, 0.15) is 0 Å². The normalized spacial score (nSPS) is 23.6. The number of rotatable bonds is 8. The molecule has 0 saturated heterocycles. The summed E-state index contributed by atoms with van der Waals surface area (Å²) in [5.74, 6) is 1.72. The summed E-state index contributed by atoms with van der Waals surface area (Å²) in [6, 6.07) is 1.96. The molecule has 2 N–H and O–H groups in total. The van der Waals surface area contributed by atoms with E-state index in [0.29, 0.717) is 0 Å². The molecular formula is C19H37IN6. The van der Waals surface area contributed by atoms with Crippen molar-refractivity contribution in [3.8, 4) is 0 Å². The second kappa shape index (κ2) is 11.8. The van der Waals surface area contributed by atoms with E-state index in [1.165, 1.54) is 25.7 Å². The summed E-state index contributed by atoms with van der Waals surface area (Å²) in [5, 5.41) is 11.1. The molecular weight excluding hydrogens is 439 g/mol. The van der Waals surface area contributed by atoms with E-state index in [2.05, 4.69) is 48.6 Å². The van der Waals surface area contributed by atoms with Gasteiger partial charge in [0.25, 0.3) is 0 Å². The molecule has 1 aliphatic rings. The molecule has 1 fully saturated rings. The Kier molecular flexibility index (Phi) is 10.5. The molecule has 1 aliphatic carbocycles. The van der Waals surface area contributed by atoms with Crippen molar-refractivity contribution in [1.29, 1.82) is 0 Å². The number of hydrogen-bond donors (Lipinski definition) is 2. The molecule has 1 heterocycles. The van der Waals surface area contributed by atoms with Gasteiger partial charge in [-0.1, -0.05) is 19.8 Å². The zero-order valence-electron chi connectivity index (χ0n) is 16.9. The molecule has 150 valence electrons. The number of aliphatic imine (C=N–C) groups is 1. The maximum atomic E-state index is 4.93. The van der Waals surface area contributed by atoms with Gasteiger partial charge in [0.05, 0.1) is 6.54 Å². The van der Waals surface area contributed by atoms with Gasteiger partial charge in [-0.05, 0) is 52.3 Å². The average Bonchev–Trinajstić information content (AvgIpc) is 3.09. The van der Waals surface area contributed by atoms with Crippen LogP contribution in [0.2, 0.25) is 0 Å². The molecule has 0 spiro atoms. The zero-order valence-corrected chi connectivity index (χ0v) is 19.2. The summed E-state index contributed by atoms with van der Waals surface area (Å²) in [6.07, 6.45) is 10.00. The van der Waals surface area contributed by atoms with Gasteiger partial charge in [-0.25, -0.2) is 0 Å². The Morgan fingerprint density at radius 1 is 1.38 bits per heavy atom. The van der Waals surface area contributed by atoms with E-state index in [0.717, 1.165) is 44.5 Å². The predicted octanol–water partition coefficient (Wildman–Crippen LogP) is 2.96. The van der Waals surface area contributed by atoms with Gasteiger partial charge in [0.15, 0.2) is 5.96 Å². The van der Waals surface area contributed by atoms with E-state index in [1.54, 1.807) is 0 Å². The van der Waals surface area contributed by atoms with E-state index >= 15 is 0 Å². The molecule has 6 nitrogen and oxygen atoms in total. The van der Waals surface area contributed by atoms with Crippen LogP contribution in [0.25, 0.3) is 0 Å². The van der Waals surface area contributed by atoms with E-state index in [-0.39, 0.29) is 29.5 Å². The van der Waals surface area contributed by atoms with Crippen molar-refractivity contribution < 1.29 is 0 Å². The number of hydrogen-bond acceptors (Lipinski definition) is 3. The van der Waals surface area contributed by atoms with Gasteiger partial charge in [-0.3, -0.25) is 9.67 Å². The zero-order chi connectivity index (χ0) is 18.1. The minimum absolute atomic E-state index is 0. The number of guanidine groups is 1. The second-order valence-electron chi connectivity index (χ2n) is 7.56. The van der Waals surface area contributed by atoms with Gasteiger partial charge in [-0.2, -0.15) is 5.10 Å². The first-order chi connectivity index (χ1) is 12.1. The number of aryl methyl sites for hydroxylation is 1. The molecule has 1 aromatic heterocycles. The molecule has 26 heavy (non-hydrogen) atoms. The van der Waals surface area contributed by atoms with Crippen LogP contribution in [0.3, 0.4) is 0 Å². The topological polar surface area (TPSA) is 57.5 Å². The van der Waals surface area contributed by atoms with E-state index in [4.69, 9.17) is 4.99 Å². The van der Waals surface area contributed by atoms with Crippen molar-refractivity contribution in [2.45, 2.75) is 58.0 Å². The third-order valence-corrected chi connectivity index (χ3v) is 5.31. The fourth-order valence-electron chi connectivity index (χ4n) is 3.77. The van der Waals surface area contributed by atoms with Crippen LogP contribution < -0.4 is 10.6 Å². The van der Waals surface area contributed by atoms with E-state index < -0.39 is 0 Å². The fraction of sp³-hybridized carbons (Fsp3) is 0.789. The first-order valence-corrected chi connectivity index (χ1v) is 9.73. The van der Waals surface area contributed by atoms with Crippen LogP contribution >= 0.6 is 24.0 Å². The first-order valence-electron chi connectivity index (χ1n) is 9.73. The van der Waals surface area contributed by atoms with Crippen LogP contribution in [0.1, 0.15) is 46.0 Å². The van der Waals surface area contributed by atoms with Crippen molar-refractivity contribution in [2.24, 2.45) is 10.9 Å². The lowest BCUT2D eigenvalue weighted by Crippen LogP contribution is -2.51. The Hall–Kier alpha value is -0.830. The Labute approximate surface area is 176 Å². The minimum atomic E-state index is 0. The van der Waals surface area contributed by atoms with Gasteiger partial charge in [0.2, 0.25) is 0 Å². The SMILES string of the molecule is CCNC(=NCC1(N(C)C)CCCC(C)C1)NCCCn1cccn1.I. The van der Waals surface area contributed by atoms with Crippen molar-refractivity contribution >= 4 is 29.9 Å². The largest absolute Gasteiger partial charge is 0.357 e. The van der Waals surface area contributed by atoms with Gasteiger partial charge >= 0.3 is 0 Å². The third kappa shape index (κ3) is 7.06. The Bertz CT molecular complexity index is 516. The fourth-order valence-corrected chi connectivity index (χ4v) is 3.77. The number of likely N-dealkylation sites (N-methyl/N-ethyl adjacent to an activating group) is 1. The minimum Gasteiger partial charge on any atom is -0.357 e. The van der Waals surface area contributed by atoms with E-state index in [9.17, 15) is 0 Å². The average molecular weight is 476 g/mol. The molecule has 2 atom stereocenters. The summed E-state index contributed by atoms with van der Waals surface area (Å²) in [5.41, 5.74) is 0.203. The van der Waals surface area contributed by atoms with Crippen molar-refractivity contribution in [3.63, 3.8) is 0 Å². The third-order valence-electron chi connectivity index (χ3n) is 5.31. The summed E-state index contributed by atoms with van der Waals surface area (Å²) in [4.78, 5) is 7.33. The Morgan fingerprint density at radius 2 is 2.19 bits per heavy atom. The lowest BCUT2D eigenvalue weighted by molar-refractivity contribution is 0.0845. The van der Waals surface area contributed by atoms with Crippen molar-refractivity contribution in [1.82, 2.24) is 25.3 Å². The van der Waals surface area contributed by atoms with Crippen LogP contribution in [-0.2, 0) is 6.54 Å². The standard InChI is InChI=1S/C19H36N6.HI/c1-5-20-18(21-11-7-13-25-14-8-12-23-25)22-16-19(24(3)4)10-6-9-17(2)15-19;/h8,12,14,17H,5-7,9-11,13,15-16H2,1-4H3,(H2,20,21,22);1H. The van der Waals surface area contributed by atoms with Crippen molar-refractivity contribution in [2.75, 3.05) is 33.7 Å². The molecule has 0 amide bonds. The molecule has 0 aliphatic heterocycles. The molecule has 0 aromatic carbocycles. The number of nitrogens with zero attached hydrogens (tertiary/aromatic N) is 4. The van der Waals surface area contributed by atoms with Crippen molar-refractivity contribution in [3.05, 3.63) is 18.5 Å². The summed E-state index contributed by atoms with van der Waals surface area (Å²) in [7, 11) is 4.41. The van der Waals surface area contributed by atoms with Crippen LogP contribution in [0, 0.1) is 5.92 Å². The first kappa shape index (κ1) is 23.2. The van der Waals surface area contributed by atoms with Crippen LogP contribution in [0.15, 0.2) is 23.5 Å². The summed E-state index contributed by atoms with van der Waals surface area (Å²) >= 11 is 0. The maximum Gasteiger partial charge on any atom is 0.191 e. The number of halogens is 1. The molecule has 1 saturated carbocycles. The highest BCUT2D eigenvalue weighted by atomic mass is 127. The quantitative estimate of drug-likeness (QED) is 0.262. The lowest BCUT2D eigenvalue weighted by Gasteiger charge is -2.44. The summed E-state index contributed by atoms with van der Waals surface area (Å²) in [6.45, 7) is 8.07. The Morgan fingerprint density at radius 3 is 2.81 bits per heavy atom. The van der Waals surface area contributed by atoms with Crippen LogP contribution in [-0.4, -0.2) is 59.9 Å². The number of nitrogens with one attached hydrogen (secondary N) is 2. The smallest absolute Gasteiger partial charge is 0.191 e. The molecule has 2 rings (SSSR count). The van der Waals surface area contributed by atoms with Gasteiger partial charge in [0, 0.05) is 37.6 Å². The highest BCUT2D eigenvalue weighted by molar-refractivity contribution is 14.0. The van der Waals surface area contributed by atoms with Crippen LogP contribution in [0.4, 0.5) is 0 Å². The lowest BCUT2D eigenvalue weighted by atomic mass is 9.75. The molecule has 1 aromatic rings. The summed E-state index contributed by atoms with van der Waals surface area (Å²) < 4.78 is 1.97. The molecule has 7 heteroatoms. The molecule has 0 bridgehead atoms. The second-order valence-corrected chi connectivity index (χ2v) is 7.56. The van der Waals surface area contributed by atoms with Gasteiger partial charge in [-0.15, -0.1) is 24.0 Å². The van der Waals surface area contributed by atoms with Crippen LogP contribution in [0.5, 0.6) is 0 Å². The Balaban J connectivity index is 0.00000338. The monoisotopic (exact) mass is 476 g/mol. The molecule has 0 radical (unpaired) electrons. The predicted molar refractivity (Wildman–Crippen MR) is 120 cm³/mol.